The Balaban J connectivity index is 1.40. The maximum absolute atomic E-state index is 12.8. The smallest absolute Gasteiger partial charge is 0.256 e. The lowest BCUT2D eigenvalue weighted by Crippen LogP contribution is -2.36. The molecule has 1 atom stereocenters. The molecule has 1 aliphatic heterocycles. The van der Waals surface area contributed by atoms with Gasteiger partial charge in [-0.05, 0) is 60.4 Å². The topological polar surface area (TPSA) is 71.1 Å². The average molecular weight is 371 g/mol. The fourth-order valence-electron chi connectivity index (χ4n) is 4.52. The first kappa shape index (κ1) is 16.9. The number of pyridine rings is 1. The summed E-state index contributed by atoms with van der Waals surface area (Å²) in [6.07, 6.45) is 5.05. The number of anilines is 1. The van der Waals surface area contributed by atoms with Gasteiger partial charge in [0.05, 0.1) is 5.41 Å². The number of nitrogens with zero attached hydrogens (tertiary/aromatic N) is 1. The van der Waals surface area contributed by atoms with Gasteiger partial charge < -0.3 is 10.6 Å². The van der Waals surface area contributed by atoms with Crippen LogP contribution in [0.3, 0.4) is 0 Å². The highest BCUT2D eigenvalue weighted by Gasteiger charge is 2.44. The maximum Gasteiger partial charge on any atom is 0.256 e. The quantitative estimate of drug-likeness (QED) is 0.724. The van der Waals surface area contributed by atoms with Crippen molar-refractivity contribution in [3.8, 4) is 0 Å². The number of nitrogens with one attached hydrogen (secondary N) is 2. The van der Waals surface area contributed by atoms with Crippen LogP contribution in [0.1, 0.15) is 34.3 Å². The van der Waals surface area contributed by atoms with Crippen LogP contribution in [0, 0.1) is 5.41 Å². The molecule has 2 amide bonds. The lowest BCUT2D eigenvalue weighted by atomic mass is 9.70. The van der Waals surface area contributed by atoms with Gasteiger partial charge in [0.2, 0.25) is 5.91 Å². The number of aryl methyl sites for hydroxylation is 1. The zero-order valence-electron chi connectivity index (χ0n) is 15.5. The van der Waals surface area contributed by atoms with Gasteiger partial charge in [-0.2, -0.15) is 0 Å². The summed E-state index contributed by atoms with van der Waals surface area (Å²) in [5.74, 6) is 0.593. The van der Waals surface area contributed by atoms with Crippen molar-refractivity contribution < 1.29 is 9.59 Å². The van der Waals surface area contributed by atoms with Crippen molar-refractivity contribution in [1.29, 1.82) is 0 Å². The summed E-state index contributed by atoms with van der Waals surface area (Å²) < 4.78 is 0. The number of benzene rings is 2. The van der Waals surface area contributed by atoms with Gasteiger partial charge in [-0.3, -0.25) is 9.59 Å². The van der Waals surface area contributed by atoms with Crippen molar-refractivity contribution in [3.05, 3.63) is 71.4 Å². The van der Waals surface area contributed by atoms with E-state index in [0.29, 0.717) is 11.4 Å². The van der Waals surface area contributed by atoms with Crippen LogP contribution in [0.5, 0.6) is 0 Å². The van der Waals surface area contributed by atoms with Gasteiger partial charge >= 0.3 is 0 Å². The minimum Gasteiger partial charge on any atom is -0.356 e. The zero-order valence-corrected chi connectivity index (χ0v) is 15.5. The summed E-state index contributed by atoms with van der Waals surface area (Å²) in [5.41, 5.74) is 2.73. The van der Waals surface area contributed by atoms with Crippen LogP contribution in [0.15, 0.2) is 54.7 Å². The van der Waals surface area contributed by atoms with Gasteiger partial charge in [0.25, 0.3) is 5.91 Å². The Kier molecular flexibility index (Phi) is 3.90. The first-order valence-electron chi connectivity index (χ1n) is 9.70. The molecule has 3 aromatic rings. The van der Waals surface area contributed by atoms with Gasteiger partial charge in [0.1, 0.15) is 5.82 Å². The molecule has 0 saturated carbocycles. The van der Waals surface area contributed by atoms with Crippen molar-refractivity contribution in [2.75, 3.05) is 11.9 Å². The highest BCUT2D eigenvalue weighted by molar-refractivity contribution is 6.08. The highest BCUT2D eigenvalue weighted by Crippen LogP contribution is 2.41. The Labute approximate surface area is 163 Å². The monoisotopic (exact) mass is 371 g/mol. The first-order valence-corrected chi connectivity index (χ1v) is 9.70. The fraction of sp³-hybridized carbons (Fsp3) is 0.261. The molecule has 2 N–H and O–H groups in total. The molecule has 0 radical (unpaired) electrons. The van der Waals surface area contributed by atoms with Crippen LogP contribution in [-0.4, -0.2) is 23.3 Å². The zero-order chi connectivity index (χ0) is 19.1. The molecule has 140 valence electrons. The highest BCUT2D eigenvalue weighted by atomic mass is 16.2. The van der Waals surface area contributed by atoms with E-state index < -0.39 is 0 Å². The normalized spacial score (nSPS) is 20.8. The van der Waals surface area contributed by atoms with E-state index in [1.807, 2.05) is 48.5 Å². The van der Waals surface area contributed by atoms with Crippen LogP contribution in [-0.2, 0) is 17.6 Å². The number of rotatable bonds is 2. The second kappa shape index (κ2) is 6.44. The molecule has 1 fully saturated rings. The van der Waals surface area contributed by atoms with E-state index >= 15 is 0 Å². The van der Waals surface area contributed by atoms with Crippen LogP contribution >= 0.6 is 0 Å². The summed E-state index contributed by atoms with van der Waals surface area (Å²) >= 11 is 0. The minimum atomic E-state index is -0.246. The third-order valence-electron chi connectivity index (χ3n) is 6.15. The Bertz CT molecular complexity index is 1100. The van der Waals surface area contributed by atoms with E-state index in [4.69, 9.17) is 0 Å². The van der Waals surface area contributed by atoms with Crippen molar-refractivity contribution in [2.24, 2.45) is 5.41 Å². The Morgan fingerprint density at radius 3 is 2.82 bits per heavy atom. The molecule has 1 unspecified atom stereocenters. The Morgan fingerprint density at radius 2 is 1.96 bits per heavy atom. The molecule has 1 aromatic heterocycles. The van der Waals surface area contributed by atoms with Crippen LogP contribution in [0.4, 0.5) is 5.82 Å². The van der Waals surface area contributed by atoms with E-state index in [2.05, 4.69) is 15.6 Å². The van der Waals surface area contributed by atoms with Gasteiger partial charge in [-0.1, -0.05) is 30.3 Å². The molecule has 1 saturated heterocycles. The lowest BCUT2D eigenvalue weighted by molar-refractivity contribution is -0.128. The Morgan fingerprint density at radius 1 is 1.07 bits per heavy atom. The molecule has 0 bridgehead atoms. The van der Waals surface area contributed by atoms with E-state index in [1.54, 1.807) is 6.20 Å². The van der Waals surface area contributed by atoms with Crippen molar-refractivity contribution in [1.82, 2.24) is 10.3 Å². The van der Waals surface area contributed by atoms with Crippen LogP contribution in [0.25, 0.3) is 10.8 Å². The molecule has 28 heavy (non-hydrogen) atoms. The third kappa shape index (κ3) is 2.74. The first-order chi connectivity index (χ1) is 13.6. The fourth-order valence-corrected chi connectivity index (χ4v) is 4.52. The van der Waals surface area contributed by atoms with Gasteiger partial charge in [-0.25, -0.2) is 4.98 Å². The number of hydrogen-bond donors (Lipinski definition) is 2. The van der Waals surface area contributed by atoms with Crippen molar-refractivity contribution in [2.45, 2.75) is 25.7 Å². The van der Waals surface area contributed by atoms with Crippen LogP contribution in [0.2, 0.25) is 0 Å². The molecule has 1 spiro atoms. The number of fused-ring (bicyclic) bond motifs is 2. The summed E-state index contributed by atoms with van der Waals surface area (Å²) in [6, 6.07) is 15.6. The largest absolute Gasteiger partial charge is 0.356 e. The van der Waals surface area contributed by atoms with Crippen LogP contribution < -0.4 is 10.6 Å². The molecular formula is C23H21N3O2. The second-order valence-corrected chi connectivity index (χ2v) is 7.78. The van der Waals surface area contributed by atoms with Crippen molar-refractivity contribution >= 4 is 28.4 Å². The molecule has 2 aromatic carbocycles. The van der Waals surface area contributed by atoms with E-state index in [1.165, 1.54) is 11.1 Å². The number of carbonyl (C=O) groups is 2. The average Bonchev–Trinajstić information content (AvgIpc) is 3.07. The number of aromatic nitrogens is 1. The molecule has 2 heterocycles. The predicted octanol–water partition coefficient (Wildman–Crippen LogP) is 3.48. The minimum absolute atomic E-state index is 0.162. The summed E-state index contributed by atoms with van der Waals surface area (Å²) in [4.78, 5) is 29.4. The summed E-state index contributed by atoms with van der Waals surface area (Å²) in [6.45, 7) is 0.771. The van der Waals surface area contributed by atoms with E-state index in [-0.39, 0.29) is 17.2 Å². The number of hydrogen-bond acceptors (Lipinski definition) is 3. The molecule has 2 aliphatic rings. The predicted molar refractivity (Wildman–Crippen MR) is 108 cm³/mol. The lowest BCUT2D eigenvalue weighted by Gasteiger charge is -2.32. The van der Waals surface area contributed by atoms with Gasteiger partial charge in [0, 0.05) is 23.7 Å². The summed E-state index contributed by atoms with van der Waals surface area (Å²) in [5, 5.41) is 7.88. The second-order valence-electron chi connectivity index (χ2n) is 7.78. The standard InChI is InChI=1S/C23H21N3O2/c27-21(26-20-19-4-2-1-3-15(19)8-11-24-20)17-5-6-18-14-23(9-7-16(18)13-17)10-12-25-22(23)28/h1-6,8,11,13H,7,9-10,12,14H2,(H,25,28)(H,24,26,27). The van der Waals surface area contributed by atoms with Crippen molar-refractivity contribution in [3.63, 3.8) is 0 Å². The summed E-state index contributed by atoms with van der Waals surface area (Å²) in [7, 11) is 0. The SMILES string of the molecule is O=C(Nc1nccc2ccccc12)c1ccc2c(c1)CCC1(CCNC1=O)C2. The third-order valence-corrected chi connectivity index (χ3v) is 6.15. The molecule has 5 nitrogen and oxygen atoms in total. The number of carbonyl (C=O) groups excluding carboxylic acids is 2. The van der Waals surface area contributed by atoms with Gasteiger partial charge in [0.15, 0.2) is 0 Å². The molecule has 5 rings (SSSR count). The Hall–Kier alpha value is -3.21. The maximum atomic E-state index is 12.8. The molecule has 1 aliphatic carbocycles. The van der Waals surface area contributed by atoms with E-state index in [9.17, 15) is 9.59 Å². The van der Waals surface area contributed by atoms with E-state index in [0.717, 1.165) is 43.0 Å². The number of amides is 2. The molecular weight excluding hydrogens is 350 g/mol. The molecule has 5 heteroatoms. The van der Waals surface area contributed by atoms with Gasteiger partial charge in [-0.15, -0.1) is 0 Å².